The summed E-state index contributed by atoms with van der Waals surface area (Å²) in [5, 5.41) is 2.81. The van der Waals surface area contributed by atoms with E-state index in [4.69, 9.17) is 4.74 Å². The molecule has 1 amide bonds. The number of ether oxygens (including phenoxy) is 1. The number of likely N-dealkylation sites (N-methyl/N-ethyl adjacent to an activating group) is 1. The number of nitrogens with one attached hydrogen (secondary N) is 1. The van der Waals surface area contributed by atoms with Gasteiger partial charge >= 0.3 is 0 Å². The molecule has 0 unspecified atom stereocenters. The Labute approximate surface area is 118 Å². The monoisotopic (exact) mass is 279 g/mol. The molecule has 7 heteroatoms. The number of hydrogen-bond acceptors (Lipinski definition) is 6. The van der Waals surface area contributed by atoms with Gasteiger partial charge in [0.05, 0.1) is 25.6 Å². The third kappa shape index (κ3) is 4.14. The lowest BCUT2D eigenvalue weighted by molar-refractivity contribution is 0.0945. The summed E-state index contributed by atoms with van der Waals surface area (Å²) in [6, 6.07) is 0. The Kier molecular flexibility index (Phi) is 5.25. The van der Waals surface area contributed by atoms with Gasteiger partial charge in [0.2, 0.25) is 0 Å². The average molecular weight is 279 g/mol. The molecule has 0 spiro atoms. The maximum Gasteiger partial charge on any atom is 0.271 e. The second-order valence-electron chi connectivity index (χ2n) is 4.92. The topological polar surface area (TPSA) is 70.6 Å². The molecule has 0 bridgehead atoms. The number of nitrogens with zero attached hydrogens (tertiary/aromatic N) is 4. The van der Waals surface area contributed by atoms with Crippen LogP contribution in [0.2, 0.25) is 0 Å². The van der Waals surface area contributed by atoms with Gasteiger partial charge in [0.25, 0.3) is 5.91 Å². The van der Waals surface area contributed by atoms with E-state index >= 15 is 0 Å². The first-order valence-corrected chi connectivity index (χ1v) is 6.74. The number of carbonyl (C=O) groups excluding carboxylic acids is 1. The Morgan fingerprint density at radius 1 is 1.35 bits per heavy atom. The van der Waals surface area contributed by atoms with Crippen LogP contribution in [0.5, 0.6) is 0 Å². The summed E-state index contributed by atoms with van der Waals surface area (Å²) in [5.41, 5.74) is 0.348. The van der Waals surface area contributed by atoms with E-state index in [9.17, 15) is 4.79 Å². The zero-order valence-corrected chi connectivity index (χ0v) is 12.0. The predicted molar refractivity (Wildman–Crippen MR) is 76.0 cm³/mol. The van der Waals surface area contributed by atoms with Crippen molar-refractivity contribution in [2.75, 3.05) is 58.4 Å². The highest BCUT2D eigenvalue weighted by atomic mass is 16.5. The molecule has 7 nitrogen and oxygen atoms in total. The van der Waals surface area contributed by atoms with E-state index in [1.807, 2.05) is 19.0 Å². The summed E-state index contributed by atoms with van der Waals surface area (Å²) in [5.74, 6) is 0.603. The lowest BCUT2D eigenvalue weighted by atomic mass is 10.4. The van der Waals surface area contributed by atoms with Crippen LogP contribution < -0.4 is 10.2 Å². The number of rotatable bonds is 5. The van der Waals surface area contributed by atoms with Gasteiger partial charge in [-0.2, -0.15) is 0 Å². The van der Waals surface area contributed by atoms with E-state index in [2.05, 4.69) is 20.2 Å². The van der Waals surface area contributed by atoms with Crippen molar-refractivity contribution in [3.63, 3.8) is 0 Å². The van der Waals surface area contributed by atoms with Gasteiger partial charge in [-0.3, -0.25) is 4.79 Å². The standard InChI is InChI=1S/C13H21N5O2/c1-17(2)4-3-14-13(19)11-9-16-12(10-15-11)18-5-7-20-8-6-18/h9-10H,3-8H2,1-2H3,(H,14,19). The van der Waals surface area contributed by atoms with Crippen molar-refractivity contribution in [3.8, 4) is 0 Å². The molecule has 0 radical (unpaired) electrons. The molecule has 0 aliphatic carbocycles. The van der Waals surface area contributed by atoms with Gasteiger partial charge in [0.1, 0.15) is 11.5 Å². The van der Waals surface area contributed by atoms with Crippen LogP contribution in [-0.2, 0) is 4.74 Å². The molecule has 2 rings (SSSR count). The molecule has 1 aliphatic heterocycles. The van der Waals surface area contributed by atoms with Crippen molar-refractivity contribution in [2.24, 2.45) is 0 Å². The van der Waals surface area contributed by atoms with Gasteiger partial charge in [-0.25, -0.2) is 9.97 Å². The fourth-order valence-corrected chi connectivity index (χ4v) is 1.88. The van der Waals surface area contributed by atoms with Crippen molar-refractivity contribution in [1.29, 1.82) is 0 Å². The second-order valence-corrected chi connectivity index (χ2v) is 4.92. The first kappa shape index (κ1) is 14.7. The van der Waals surface area contributed by atoms with E-state index in [-0.39, 0.29) is 5.91 Å². The van der Waals surface area contributed by atoms with Gasteiger partial charge in [-0.15, -0.1) is 0 Å². The largest absolute Gasteiger partial charge is 0.378 e. The molecule has 0 saturated carbocycles. The lowest BCUT2D eigenvalue weighted by Crippen LogP contribution is -2.37. The molecular weight excluding hydrogens is 258 g/mol. The van der Waals surface area contributed by atoms with Crippen LogP contribution in [0.1, 0.15) is 10.5 Å². The molecule has 1 N–H and O–H groups in total. The molecule has 0 aromatic carbocycles. The minimum absolute atomic E-state index is 0.187. The number of morpholine rings is 1. The Morgan fingerprint density at radius 3 is 2.70 bits per heavy atom. The molecule has 0 atom stereocenters. The highest BCUT2D eigenvalue weighted by molar-refractivity contribution is 5.91. The Hall–Kier alpha value is -1.73. The maximum absolute atomic E-state index is 11.8. The van der Waals surface area contributed by atoms with E-state index in [1.54, 1.807) is 6.20 Å². The third-order valence-electron chi connectivity index (χ3n) is 3.05. The SMILES string of the molecule is CN(C)CCNC(=O)c1cnc(N2CCOCC2)cn1. The van der Waals surface area contributed by atoms with E-state index < -0.39 is 0 Å². The maximum atomic E-state index is 11.8. The Bertz CT molecular complexity index is 429. The summed E-state index contributed by atoms with van der Waals surface area (Å²) in [6.07, 6.45) is 3.17. The van der Waals surface area contributed by atoms with Crippen LogP contribution in [-0.4, -0.2) is 74.3 Å². The summed E-state index contributed by atoms with van der Waals surface area (Å²) < 4.78 is 5.29. The third-order valence-corrected chi connectivity index (χ3v) is 3.05. The first-order chi connectivity index (χ1) is 9.66. The zero-order chi connectivity index (χ0) is 14.4. The quantitative estimate of drug-likeness (QED) is 0.791. The molecule has 20 heavy (non-hydrogen) atoms. The summed E-state index contributed by atoms with van der Waals surface area (Å²) >= 11 is 0. The average Bonchev–Trinajstić information content (AvgIpc) is 2.48. The van der Waals surface area contributed by atoms with Gasteiger partial charge in [0.15, 0.2) is 0 Å². The van der Waals surface area contributed by atoms with Crippen LogP contribution in [0.4, 0.5) is 5.82 Å². The van der Waals surface area contributed by atoms with Crippen molar-refractivity contribution in [1.82, 2.24) is 20.2 Å². The van der Waals surface area contributed by atoms with Crippen molar-refractivity contribution < 1.29 is 9.53 Å². The fraction of sp³-hybridized carbons (Fsp3) is 0.615. The van der Waals surface area contributed by atoms with Crippen molar-refractivity contribution in [2.45, 2.75) is 0 Å². The lowest BCUT2D eigenvalue weighted by Gasteiger charge is -2.27. The van der Waals surface area contributed by atoms with Crippen LogP contribution in [0.15, 0.2) is 12.4 Å². The highest BCUT2D eigenvalue weighted by Crippen LogP contribution is 2.10. The van der Waals surface area contributed by atoms with Crippen LogP contribution in [0.25, 0.3) is 0 Å². The van der Waals surface area contributed by atoms with Crippen molar-refractivity contribution >= 4 is 11.7 Å². The minimum Gasteiger partial charge on any atom is -0.378 e. The number of amides is 1. The van der Waals surface area contributed by atoms with Gasteiger partial charge in [-0.05, 0) is 14.1 Å². The second kappa shape index (κ2) is 7.16. The van der Waals surface area contributed by atoms with Crippen LogP contribution in [0.3, 0.4) is 0 Å². The van der Waals surface area contributed by atoms with Gasteiger partial charge < -0.3 is 19.9 Å². The molecule has 1 fully saturated rings. The van der Waals surface area contributed by atoms with Crippen LogP contribution in [0, 0.1) is 0 Å². The summed E-state index contributed by atoms with van der Waals surface area (Å²) in [6.45, 7) is 4.42. The molecular formula is C13H21N5O2. The normalized spacial score (nSPS) is 15.4. The van der Waals surface area contributed by atoms with E-state index in [0.717, 1.165) is 25.5 Å². The Balaban J connectivity index is 1.88. The predicted octanol–water partition coefficient (Wildman–Crippen LogP) is -0.395. The highest BCUT2D eigenvalue weighted by Gasteiger charge is 2.14. The van der Waals surface area contributed by atoms with E-state index in [0.29, 0.717) is 25.5 Å². The smallest absolute Gasteiger partial charge is 0.271 e. The molecule has 110 valence electrons. The number of hydrogen-bond donors (Lipinski definition) is 1. The van der Waals surface area contributed by atoms with Gasteiger partial charge in [-0.1, -0.05) is 0 Å². The molecule has 1 saturated heterocycles. The molecule has 2 heterocycles. The number of aromatic nitrogens is 2. The van der Waals surface area contributed by atoms with E-state index in [1.165, 1.54) is 6.20 Å². The Morgan fingerprint density at radius 2 is 2.10 bits per heavy atom. The summed E-state index contributed by atoms with van der Waals surface area (Å²) in [7, 11) is 3.92. The fourth-order valence-electron chi connectivity index (χ4n) is 1.88. The van der Waals surface area contributed by atoms with Crippen LogP contribution >= 0.6 is 0 Å². The molecule has 1 aliphatic rings. The molecule has 1 aromatic rings. The van der Waals surface area contributed by atoms with Crippen molar-refractivity contribution in [3.05, 3.63) is 18.1 Å². The van der Waals surface area contributed by atoms with Gasteiger partial charge in [0, 0.05) is 26.2 Å². The number of carbonyl (C=O) groups is 1. The summed E-state index contributed by atoms with van der Waals surface area (Å²) in [4.78, 5) is 24.4. The number of anilines is 1. The first-order valence-electron chi connectivity index (χ1n) is 6.74. The minimum atomic E-state index is -0.187. The zero-order valence-electron chi connectivity index (χ0n) is 12.0. The molecule has 1 aromatic heterocycles.